The van der Waals surface area contributed by atoms with Crippen molar-refractivity contribution in [2.24, 2.45) is 11.8 Å². The van der Waals surface area contributed by atoms with Gasteiger partial charge >= 0.3 is 6.09 Å². The highest BCUT2D eigenvalue weighted by atomic mass is 16.6. The van der Waals surface area contributed by atoms with Crippen LogP contribution in [-0.4, -0.2) is 92.4 Å². The number of nitrogens with one attached hydrogen (secondary N) is 2. The predicted octanol–water partition coefficient (Wildman–Crippen LogP) is 3.42. The fraction of sp³-hybridized carbons (Fsp3) is 0.862. The van der Waals surface area contributed by atoms with Crippen molar-refractivity contribution in [3.63, 3.8) is 0 Å². The average molecular weight is 536 g/mol. The molecule has 9 heteroatoms. The van der Waals surface area contributed by atoms with Crippen LogP contribution >= 0.6 is 0 Å². The van der Waals surface area contributed by atoms with E-state index in [2.05, 4.69) is 42.4 Å². The topological polar surface area (TPSA) is 105 Å². The highest BCUT2D eigenvalue weighted by Crippen LogP contribution is 2.59. The van der Waals surface area contributed by atoms with Crippen molar-refractivity contribution in [1.29, 1.82) is 0 Å². The molecule has 3 heterocycles. The van der Waals surface area contributed by atoms with Crippen LogP contribution < -0.4 is 10.6 Å². The Labute approximate surface area is 228 Å². The van der Waals surface area contributed by atoms with Crippen molar-refractivity contribution in [2.45, 2.75) is 109 Å². The number of alkyl carbamates (subject to hydrolysis) is 1. The van der Waals surface area contributed by atoms with E-state index in [1.807, 2.05) is 13.8 Å². The number of rotatable bonds is 12. The van der Waals surface area contributed by atoms with Gasteiger partial charge in [0, 0.05) is 13.7 Å². The Kier molecular flexibility index (Phi) is 9.43. The molecule has 3 aliphatic heterocycles. The van der Waals surface area contributed by atoms with E-state index >= 15 is 0 Å². The summed E-state index contributed by atoms with van der Waals surface area (Å²) in [7, 11) is 1.66. The standard InChI is InChI=1S/C29H49N3O6/c1-19(2)10-11-22-28(5,38-22)25-24(35-6)21(12-13-29(25)18-36-29)37-27(34)31-23(20(3)4)26(33)30-14-9-17-32-15-7-8-16-32/h10,20-25H,7-9,11-18H2,1-6H3,(H,30,33)(H,31,34). The van der Waals surface area contributed by atoms with Gasteiger partial charge < -0.3 is 34.5 Å². The Morgan fingerprint density at radius 2 is 1.92 bits per heavy atom. The van der Waals surface area contributed by atoms with Crippen LogP contribution in [-0.2, 0) is 23.7 Å². The third-order valence-corrected chi connectivity index (χ3v) is 8.87. The maximum atomic E-state index is 13.0. The van der Waals surface area contributed by atoms with Crippen LogP contribution in [0.15, 0.2) is 11.6 Å². The molecule has 0 radical (unpaired) electrons. The van der Waals surface area contributed by atoms with E-state index in [4.69, 9.17) is 18.9 Å². The molecule has 3 saturated heterocycles. The van der Waals surface area contributed by atoms with E-state index in [1.165, 1.54) is 18.4 Å². The Bertz CT molecular complexity index is 864. The monoisotopic (exact) mass is 535 g/mol. The van der Waals surface area contributed by atoms with Gasteiger partial charge in [-0.15, -0.1) is 0 Å². The van der Waals surface area contributed by atoms with Gasteiger partial charge in [0.05, 0.1) is 18.6 Å². The second-order valence-electron chi connectivity index (χ2n) is 12.4. The van der Waals surface area contributed by atoms with Gasteiger partial charge in [0.2, 0.25) is 5.91 Å². The van der Waals surface area contributed by atoms with Crippen molar-refractivity contribution >= 4 is 12.0 Å². The molecule has 0 aromatic carbocycles. The summed E-state index contributed by atoms with van der Waals surface area (Å²) in [6, 6.07) is -0.662. The Morgan fingerprint density at radius 1 is 1.21 bits per heavy atom. The zero-order valence-corrected chi connectivity index (χ0v) is 24.2. The van der Waals surface area contributed by atoms with Gasteiger partial charge in [-0.25, -0.2) is 4.79 Å². The van der Waals surface area contributed by atoms with Gasteiger partial charge in [0.15, 0.2) is 0 Å². The first-order valence-electron chi connectivity index (χ1n) is 14.5. The molecule has 0 aromatic rings. The number of likely N-dealkylation sites (tertiary alicyclic amines) is 1. The number of carbonyl (C=O) groups is 2. The molecule has 4 fully saturated rings. The van der Waals surface area contributed by atoms with Crippen molar-refractivity contribution in [3.8, 4) is 0 Å². The number of allylic oxidation sites excluding steroid dienone is 1. The normalized spacial score (nSPS) is 35.1. The smallest absolute Gasteiger partial charge is 0.408 e. The van der Waals surface area contributed by atoms with Crippen LogP contribution in [0, 0.1) is 11.8 Å². The minimum absolute atomic E-state index is 0.0399. The summed E-state index contributed by atoms with van der Waals surface area (Å²) in [6.07, 6.45) is 6.61. The van der Waals surface area contributed by atoms with E-state index in [0.717, 1.165) is 38.9 Å². The SMILES string of the molecule is COC1C(OC(=O)NC(C(=O)NCCCN2CCCC2)C(C)C)CCC2(CO2)C1C1(C)OC1CC=C(C)C. The van der Waals surface area contributed by atoms with E-state index in [9.17, 15) is 9.59 Å². The molecule has 2 amide bonds. The molecule has 216 valence electrons. The van der Waals surface area contributed by atoms with Crippen molar-refractivity contribution in [2.75, 3.05) is 39.9 Å². The lowest BCUT2D eigenvalue weighted by Crippen LogP contribution is -2.57. The molecule has 7 atom stereocenters. The van der Waals surface area contributed by atoms with E-state index in [-0.39, 0.29) is 35.6 Å². The van der Waals surface area contributed by atoms with E-state index in [0.29, 0.717) is 19.6 Å². The zero-order valence-electron chi connectivity index (χ0n) is 24.2. The summed E-state index contributed by atoms with van der Waals surface area (Å²) < 4.78 is 24.2. The van der Waals surface area contributed by atoms with Gasteiger partial charge in [-0.3, -0.25) is 4.79 Å². The number of hydrogen-bond donors (Lipinski definition) is 2. The quantitative estimate of drug-likeness (QED) is 0.224. The van der Waals surface area contributed by atoms with Gasteiger partial charge in [-0.05, 0) is 84.8 Å². The molecule has 4 aliphatic rings. The van der Waals surface area contributed by atoms with Gasteiger partial charge in [0.1, 0.15) is 29.5 Å². The van der Waals surface area contributed by atoms with E-state index in [1.54, 1.807) is 7.11 Å². The van der Waals surface area contributed by atoms with Gasteiger partial charge in [-0.1, -0.05) is 25.5 Å². The lowest BCUT2D eigenvalue weighted by Gasteiger charge is -2.42. The Hall–Kier alpha value is -1.68. The van der Waals surface area contributed by atoms with Gasteiger partial charge in [0.25, 0.3) is 0 Å². The molecule has 1 saturated carbocycles. The Balaban J connectivity index is 1.32. The molecule has 0 aromatic heterocycles. The van der Waals surface area contributed by atoms with Crippen molar-refractivity contribution in [1.82, 2.24) is 15.5 Å². The summed E-state index contributed by atoms with van der Waals surface area (Å²) in [4.78, 5) is 28.4. The number of epoxide rings is 2. The summed E-state index contributed by atoms with van der Waals surface area (Å²) in [5, 5.41) is 5.83. The molecule has 0 bridgehead atoms. The summed E-state index contributed by atoms with van der Waals surface area (Å²) in [5.74, 6) is -0.285. The second kappa shape index (κ2) is 12.2. The largest absolute Gasteiger partial charge is 0.443 e. The number of methoxy groups -OCH3 is 1. The molecule has 7 unspecified atom stereocenters. The van der Waals surface area contributed by atoms with Crippen molar-refractivity contribution in [3.05, 3.63) is 11.6 Å². The fourth-order valence-corrected chi connectivity index (χ4v) is 6.53. The summed E-state index contributed by atoms with van der Waals surface area (Å²) in [6.45, 7) is 14.7. The molecular weight excluding hydrogens is 486 g/mol. The first-order valence-corrected chi connectivity index (χ1v) is 14.5. The maximum absolute atomic E-state index is 13.0. The second-order valence-corrected chi connectivity index (χ2v) is 12.4. The number of hydrogen-bond acceptors (Lipinski definition) is 7. The zero-order chi connectivity index (χ0) is 27.5. The van der Waals surface area contributed by atoms with Crippen LogP contribution in [0.3, 0.4) is 0 Å². The molecule has 2 N–H and O–H groups in total. The minimum atomic E-state index is -0.662. The highest BCUT2D eigenvalue weighted by molar-refractivity contribution is 5.85. The predicted molar refractivity (Wildman–Crippen MR) is 145 cm³/mol. The molecule has 1 aliphatic carbocycles. The number of carbonyl (C=O) groups excluding carboxylic acids is 2. The lowest BCUT2D eigenvalue weighted by atomic mass is 9.68. The summed E-state index contributed by atoms with van der Waals surface area (Å²) in [5.41, 5.74) is 0.596. The lowest BCUT2D eigenvalue weighted by molar-refractivity contribution is -0.125. The molecule has 4 rings (SSSR count). The van der Waals surface area contributed by atoms with Crippen molar-refractivity contribution < 1.29 is 28.5 Å². The van der Waals surface area contributed by atoms with Crippen LogP contribution in [0.25, 0.3) is 0 Å². The first-order chi connectivity index (χ1) is 18.1. The van der Waals surface area contributed by atoms with Crippen LogP contribution in [0.4, 0.5) is 4.79 Å². The summed E-state index contributed by atoms with van der Waals surface area (Å²) >= 11 is 0. The van der Waals surface area contributed by atoms with Crippen LogP contribution in [0.5, 0.6) is 0 Å². The number of nitrogens with zero attached hydrogens (tertiary/aromatic N) is 1. The fourth-order valence-electron chi connectivity index (χ4n) is 6.53. The number of amides is 2. The third-order valence-electron chi connectivity index (χ3n) is 8.87. The maximum Gasteiger partial charge on any atom is 0.408 e. The highest BCUT2D eigenvalue weighted by Gasteiger charge is 2.72. The third kappa shape index (κ3) is 6.72. The average Bonchev–Trinajstić information content (AvgIpc) is 3.71. The van der Waals surface area contributed by atoms with E-state index < -0.39 is 23.8 Å². The molecule has 1 spiro atoms. The Morgan fingerprint density at radius 3 is 2.53 bits per heavy atom. The molecule has 9 nitrogen and oxygen atoms in total. The molecule has 38 heavy (non-hydrogen) atoms. The van der Waals surface area contributed by atoms with Crippen LogP contribution in [0.1, 0.15) is 73.1 Å². The first kappa shape index (κ1) is 29.3. The van der Waals surface area contributed by atoms with Crippen LogP contribution in [0.2, 0.25) is 0 Å². The number of ether oxygens (including phenoxy) is 4. The minimum Gasteiger partial charge on any atom is -0.443 e. The van der Waals surface area contributed by atoms with Gasteiger partial charge in [-0.2, -0.15) is 0 Å². The molecular formula is C29H49N3O6.